The Morgan fingerprint density at radius 1 is 1.22 bits per heavy atom. The highest BCUT2D eigenvalue weighted by Crippen LogP contribution is 2.29. The monoisotopic (exact) mass is 329 g/mol. The molecule has 0 saturated carbocycles. The fourth-order valence-corrected chi connectivity index (χ4v) is 1.91. The molecule has 2 N–H and O–H groups in total. The van der Waals surface area contributed by atoms with Crippen molar-refractivity contribution in [2.75, 3.05) is 27.2 Å². The van der Waals surface area contributed by atoms with Gasteiger partial charge < -0.3 is 20.1 Å². The summed E-state index contributed by atoms with van der Waals surface area (Å²) in [7, 11) is 3.12. The summed E-state index contributed by atoms with van der Waals surface area (Å²) in [5, 5.41) is 6.39. The first-order valence-corrected chi connectivity index (χ1v) is 7.52. The van der Waals surface area contributed by atoms with E-state index in [1.807, 2.05) is 6.07 Å². The van der Waals surface area contributed by atoms with Crippen LogP contribution in [0.1, 0.15) is 19.4 Å². The van der Waals surface area contributed by atoms with Gasteiger partial charge in [0.25, 0.3) is 0 Å². The largest absolute Gasteiger partial charge is 0.493 e. The van der Waals surface area contributed by atoms with Crippen LogP contribution in [0.25, 0.3) is 0 Å². The number of benzene rings is 1. The lowest BCUT2D eigenvalue weighted by atomic mass is 10.1. The van der Waals surface area contributed by atoms with Gasteiger partial charge in [-0.1, -0.05) is 19.9 Å². The van der Waals surface area contributed by atoms with Crippen molar-refractivity contribution < 1.29 is 18.3 Å². The van der Waals surface area contributed by atoms with E-state index < -0.39 is 6.61 Å². The number of nitrogens with one attached hydrogen (secondary N) is 2. The van der Waals surface area contributed by atoms with Crippen molar-refractivity contribution in [3.8, 4) is 11.5 Å². The molecular weight excluding hydrogens is 304 g/mol. The molecule has 0 aromatic heterocycles. The Hall–Kier alpha value is -2.05. The van der Waals surface area contributed by atoms with E-state index in [0.29, 0.717) is 18.9 Å². The fourth-order valence-electron chi connectivity index (χ4n) is 1.91. The summed E-state index contributed by atoms with van der Waals surface area (Å²) in [6.07, 6.45) is 0.645. The zero-order chi connectivity index (χ0) is 17.2. The van der Waals surface area contributed by atoms with Crippen LogP contribution in [0.2, 0.25) is 0 Å². The molecule has 0 radical (unpaired) electrons. The standard InChI is InChI=1S/C16H25F2N3O2/c1-11(2)10-21-16(19-3)20-8-7-12-5-6-13(22-4)14(9-12)23-15(17)18/h5-6,9,11,15H,7-8,10H2,1-4H3,(H2,19,20,21). The second-order valence-electron chi connectivity index (χ2n) is 5.39. The van der Waals surface area contributed by atoms with E-state index in [1.54, 1.807) is 19.2 Å². The summed E-state index contributed by atoms with van der Waals surface area (Å²) in [5.74, 6) is 1.57. The minimum atomic E-state index is -2.88. The molecule has 0 aliphatic rings. The maximum absolute atomic E-state index is 12.4. The second-order valence-corrected chi connectivity index (χ2v) is 5.39. The van der Waals surface area contributed by atoms with Crippen molar-refractivity contribution in [2.45, 2.75) is 26.9 Å². The first-order valence-electron chi connectivity index (χ1n) is 7.52. The number of nitrogens with zero attached hydrogens (tertiary/aromatic N) is 1. The van der Waals surface area contributed by atoms with Gasteiger partial charge in [-0.05, 0) is 30.0 Å². The predicted octanol–water partition coefficient (Wildman–Crippen LogP) is 2.66. The lowest BCUT2D eigenvalue weighted by molar-refractivity contribution is -0.0512. The average molecular weight is 329 g/mol. The summed E-state index contributed by atoms with van der Waals surface area (Å²) in [4.78, 5) is 4.13. The van der Waals surface area contributed by atoms with Gasteiger partial charge in [-0.3, -0.25) is 4.99 Å². The lowest BCUT2D eigenvalue weighted by Gasteiger charge is -2.14. The SMILES string of the molecule is CN=C(NCCc1ccc(OC)c(OC(F)F)c1)NCC(C)C. The highest BCUT2D eigenvalue weighted by Gasteiger charge is 2.11. The number of alkyl halides is 2. The van der Waals surface area contributed by atoms with E-state index in [-0.39, 0.29) is 11.5 Å². The van der Waals surface area contributed by atoms with Crippen molar-refractivity contribution in [1.82, 2.24) is 10.6 Å². The maximum atomic E-state index is 12.4. The van der Waals surface area contributed by atoms with Gasteiger partial charge in [0.05, 0.1) is 7.11 Å². The Morgan fingerprint density at radius 2 is 1.96 bits per heavy atom. The van der Waals surface area contributed by atoms with Crippen LogP contribution in [0.3, 0.4) is 0 Å². The van der Waals surface area contributed by atoms with E-state index in [0.717, 1.165) is 18.1 Å². The smallest absolute Gasteiger partial charge is 0.387 e. The van der Waals surface area contributed by atoms with Gasteiger partial charge in [0, 0.05) is 20.1 Å². The van der Waals surface area contributed by atoms with Gasteiger partial charge in [0.1, 0.15) is 0 Å². The number of hydrogen-bond acceptors (Lipinski definition) is 3. The van der Waals surface area contributed by atoms with Gasteiger partial charge >= 0.3 is 6.61 Å². The molecule has 0 saturated heterocycles. The molecule has 0 unspecified atom stereocenters. The number of hydrogen-bond donors (Lipinski definition) is 2. The van der Waals surface area contributed by atoms with Gasteiger partial charge in [-0.2, -0.15) is 8.78 Å². The van der Waals surface area contributed by atoms with Crippen LogP contribution in [0.15, 0.2) is 23.2 Å². The summed E-state index contributed by atoms with van der Waals surface area (Å²) in [5.41, 5.74) is 0.869. The van der Waals surface area contributed by atoms with E-state index >= 15 is 0 Å². The predicted molar refractivity (Wildman–Crippen MR) is 87.5 cm³/mol. The van der Waals surface area contributed by atoms with Crippen LogP contribution in [0.5, 0.6) is 11.5 Å². The first-order chi connectivity index (χ1) is 11.0. The quantitative estimate of drug-likeness (QED) is 0.569. The Balaban J connectivity index is 2.57. The Kier molecular flexibility index (Phi) is 8.15. The fraction of sp³-hybridized carbons (Fsp3) is 0.562. The van der Waals surface area contributed by atoms with Gasteiger partial charge in [0.2, 0.25) is 0 Å². The molecular formula is C16H25F2N3O2. The van der Waals surface area contributed by atoms with Gasteiger partial charge in [-0.15, -0.1) is 0 Å². The van der Waals surface area contributed by atoms with Gasteiger partial charge in [0.15, 0.2) is 17.5 Å². The van der Waals surface area contributed by atoms with Crippen LogP contribution >= 0.6 is 0 Å². The zero-order valence-corrected chi connectivity index (χ0v) is 14.0. The van der Waals surface area contributed by atoms with Crippen LogP contribution < -0.4 is 20.1 Å². The van der Waals surface area contributed by atoms with Crippen LogP contribution in [-0.2, 0) is 6.42 Å². The molecule has 0 atom stereocenters. The number of ether oxygens (including phenoxy) is 2. The molecule has 0 aliphatic carbocycles. The minimum Gasteiger partial charge on any atom is -0.493 e. The number of methoxy groups -OCH3 is 1. The third-order valence-electron chi connectivity index (χ3n) is 3.05. The normalized spacial score (nSPS) is 11.7. The molecule has 1 aromatic rings. The highest BCUT2D eigenvalue weighted by atomic mass is 19.3. The first kappa shape index (κ1) is 19.0. The minimum absolute atomic E-state index is 0.0438. The number of halogens is 2. The van der Waals surface area contributed by atoms with Crippen molar-refractivity contribution in [1.29, 1.82) is 0 Å². The third-order valence-corrected chi connectivity index (χ3v) is 3.05. The van der Waals surface area contributed by atoms with E-state index in [4.69, 9.17) is 4.74 Å². The number of rotatable bonds is 8. The molecule has 1 rings (SSSR count). The molecule has 7 heteroatoms. The molecule has 0 aliphatic heterocycles. The van der Waals surface area contributed by atoms with Crippen LogP contribution in [0, 0.1) is 5.92 Å². The molecule has 130 valence electrons. The van der Waals surface area contributed by atoms with Crippen molar-refractivity contribution in [3.05, 3.63) is 23.8 Å². The van der Waals surface area contributed by atoms with Gasteiger partial charge in [-0.25, -0.2) is 0 Å². The summed E-state index contributed by atoms with van der Waals surface area (Å²) in [6.45, 7) is 2.80. The third kappa shape index (κ3) is 7.17. The lowest BCUT2D eigenvalue weighted by Crippen LogP contribution is -2.39. The Labute approximate surface area is 136 Å². The van der Waals surface area contributed by atoms with Crippen molar-refractivity contribution >= 4 is 5.96 Å². The van der Waals surface area contributed by atoms with E-state index in [1.165, 1.54) is 7.11 Å². The summed E-state index contributed by atoms with van der Waals surface area (Å²) >= 11 is 0. The molecule has 0 heterocycles. The van der Waals surface area contributed by atoms with Crippen LogP contribution in [0.4, 0.5) is 8.78 Å². The van der Waals surface area contributed by atoms with E-state index in [2.05, 4.69) is 34.2 Å². The second kappa shape index (κ2) is 9.86. The summed E-state index contributed by atoms with van der Waals surface area (Å²) in [6, 6.07) is 5.01. The average Bonchev–Trinajstić information content (AvgIpc) is 2.50. The van der Waals surface area contributed by atoms with Crippen molar-refractivity contribution in [3.63, 3.8) is 0 Å². The van der Waals surface area contributed by atoms with E-state index in [9.17, 15) is 8.78 Å². The van der Waals surface area contributed by atoms with Crippen LogP contribution in [-0.4, -0.2) is 39.8 Å². The number of guanidine groups is 1. The molecule has 5 nitrogen and oxygen atoms in total. The number of aliphatic imine (C=N–C) groups is 1. The molecule has 1 aromatic carbocycles. The Bertz CT molecular complexity index is 508. The molecule has 0 fully saturated rings. The molecule has 23 heavy (non-hydrogen) atoms. The highest BCUT2D eigenvalue weighted by molar-refractivity contribution is 5.79. The van der Waals surface area contributed by atoms with Crippen molar-refractivity contribution in [2.24, 2.45) is 10.9 Å². The molecule has 0 spiro atoms. The Morgan fingerprint density at radius 3 is 2.52 bits per heavy atom. The summed E-state index contributed by atoms with van der Waals surface area (Å²) < 4.78 is 34.3. The molecule has 0 amide bonds. The zero-order valence-electron chi connectivity index (χ0n) is 14.0. The topological polar surface area (TPSA) is 54.9 Å². The molecule has 0 bridgehead atoms. The maximum Gasteiger partial charge on any atom is 0.387 e.